The van der Waals surface area contributed by atoms with Crippen LogP contribution in [0, 0.1) is 6.92 Å². The topological polar surface area (TPSA) is 20.3 Å². The molecule has 0 amide bonds. The summed E-state index contributed by atoms with van der Waals surface area (Å²) in [5.41, 5.74) is 1.98. The number of ketones is 1. The second-order valence-corrected chi connectivity index (χ2v) is 4.76. The summed E-state index contributed by atoms with van der Waals surface area (Å²) in [6.07, 6.45) is 0.607. The van der Waals surface area contributed by atoms with Crippen LogP contribution in [0.4, 0.5) is 0 Å². The SMILES string of the molecule is CCN(CCC(=O)c1cccc(C)c1)C(C)C. The van der Waals surface area contributed by atoms with Crippen LogP contribution in [0.25, 0.3) is 0 Å². The van der Waals surface area contributed by atoms with Crippen molar-refractivity contribution in [3.63, 3.8) is 0 Å². The molecule has 0 unspecified atom stereocenters. The Hall–Kier alpha value is -1.15. The minimum atomic E-state index is 0.243. The van der Waals surface area contributed by atoms with Gasteiger partial charge in [0.15, 0.2) is 5.78 Å². The number of hydrogen-bond acceptors (Lipinski definition) is 2. The largest absolute Gasteiger partial charge is 0.301 e. The molecule has 1 aromatic carbocycles. The van der Waals surface area contributed by atoms with Crippen molar-refractivity contribution in [1.29, 1.82) is 0 Å². The van der Waals surface area contributed by atoms with Crippen molar-refractivity contribution in [3.05, 3.63) is 35.4 Å². The first-order chi connectivity index (χ1) is 8.04. The molecule has 94 valence electrons. The number of hydrogen-bond donors (Lipinski definition) is 0. The second-order valence-electron chi connectivity index (χ2n) is 4.76. The Morgan fingerprint density at radius 2 is 2.06 bits per heavy atom. The monoisotopic (exact) mass is 233 g/mol. The molecule has 1 aromatic rings. The van der Waals surface area contributed by atoms with Crippen LogP contribution in [0.1, 0.15) is 43.1 Å². The molecule has 0 aliphatic carbocycles. The predicted molar refractivity (Wildman–Crippen MR) is 72.5 cm³/mol. The Morgan fingerprint density at radius 1 is 1.35 bits per heavy atom. The van der Waals surface area contributed by atoms with Crippen molar-refractivity contribution in [2.45, 2.75) is 40.2 Å². The number of benzene rings is 1. The van der Waals surface area contributed by atoms with Crippen LogP contribution < -0.4 is 0 Å². The maximum absolute atomic E-state index is 12.0. The highest BCUT2D eigenvalue weighted by molar-refractivity contribution is 5.96. The van der Waals surface area contributed by atoms with E-state index in [0.29, 0.717) is 12.5 Å². The summed E-state index contributed by atoms with van der Waals surface area (Å²) in [7, 11) is 0. The first-order valence-corrected chi connectivity index (χ1v) is 6.38. The summed E-state index contributed by atoms with van der Waals surface area (Å²) in [6.45, 7) is 10.3. The van der Waals surface area contributed by atoms with E-state index in [2.05, 4.69) is 25.7 Å². The molecule has 0 heterocycles. The molecule has 0 aromatic heterocycles. The van der Waals surface area contributed by atoms with Crippen LogP contribution in [0.3, 0.4) is 0 Å². The minimum Gasteiger partial charge on any atom is -0.301 e. The van der Waals surface area contributed by atoms with Gasteiger partial charge in [-0.2, -0.15) is 0 Å². The maximum Gasteiger partial charge on any atom is 0.164 e. The normalized spacial score (nSPS) is 11.2. The van der Waals surface area contributed by atoms with E-state index < -0.39 is 0 Å². The molecule has 0 radical (unpaired) electrons. The second kappa shape index (κ2) is 6.55. The minimum absolute atomic E-state index is 0.243. The fraction of sp³-hybridized carbons (Fsp3) is 0.533. The van der Waals surface area contributed by atoms with Crippen molar-refractivity contribution in [3.8, 4) is 0 Å². The van der Waals surface area contributed by atoms with Gasteiger partial charge in [0.25, 0.3) is 0 Å². The number of Topliss-reactive ketones (excluding diaryl/α,β-unsaturated/α-hetero) is 1. The lowest BCUT2D eigenvalue weighted by atomic mass is 10.1. The average Bonchev–Trinajstić information content (AvgIpc) is 2.29. The highest BCUT2D eigenvalue weighted by atomic mass is 16.1. The Bertz CT molecular complexity index is 371. The van der Waals surface area contributed by atoms with E-state index in [-0.39, 0.29) is 5.78 Å². The van der Waals surface area contributed by atoms with E-state index in [1.807, 2.05) is 31.2 Å². The molecule has 2 nitrogen and oxygen atoms in total. The molecule has 0 N–H and O–H groups in total. The number of carbonyl (C=O) groups excluding carboxylic acids is 1. The standard InChI is InChI=1S/C15H23NO/c1-5-16(12(2)3)10-9-15(17)14-8-6-7-13(4)11-14/h6-8,11-12H,5,9-10H2,1-4H3. The molecule has 1 rings (SSSR count). The third kappa shape index (κ3) is 4.31. The van der Waals surface area contributed by atoms with Crippen LogP contribution in [-0.2, 0) is 0 Å². The lowest BCUT2D eigenvalue weighted by molar-refractivity contribution is 0.0958. The Labute approximate surface area is 105 Å². The van der Waals surface area contributed by atoms with E-state index in [0.717, 1.165) is 24.2 Å². The van der Waals surface area contributed by atoms with Crippen LogP contribution in [0.15, 0.2) is 24.3 Å². The van der Waals surface area contributed by atoms with Gasteiger partial charge in [-0.3, -0.25) is 4.79 Å². The Morgan fingerprint density at radius 3 is 2.59 bits per heavy atom. The highest BCUT2D eigenvalue weighted by Gasteiger charge is 2.11. The molecule has 2 heteroatoms. The van der Waals surface area contributed by atoms with Gasteiger partial charge in [-0.1, -0.05) is 30.7 Å². The summed E-state index contributed by atoms with van der Waals surface area (Å²) in [5, 5.41) is 0. The fourth-order valence-electron chi connectivity index (χ4n) is 1.99. The van der Waals surface area contributed by atoms with Crippen molar-refractivity contribution in [1.82, 2.24) is 4.90 Å². The van der Waals surface area contributed by atoms with Crippen molar-refractivity contribution in [2.75, 3.05) is 13.1 Å². The van der Waals surface area contributed by atoms with Gasteiger partial charge in [-0.25, -0.2) is 0 Å². The van der Waals surface area contributed by atoms with Crippen LogP contribution in [-0.4, -0.2) is 29.8 Å². The van der Waals surface area contributed by atoms with Gasteiger partial charge in [0.05, 0.1) is 0 Å². The van der Waals surface area contributed by atoms with Crippen molar-refractivity contribution < 1.29 is 4.79 Å². The zero-order valence-corrected chi connectivity index (χ0v) is 11.4. The Kier molecular flexibility index (Phi) is 5.36. The van der Waals surface area contributed by atoms with Gasteiger partial charge < -0.3 is 4.90 Å². The van der Waals surface area contributed by atoms with Crippen molar-refractivity contribution >= 4 is 5.78 Å². The number of carbonyl (C=O) groups is 1. The zero-order valence-electron chi connectivity index (χ0n) is 11.4. The summed E-state index contributed by atoms with van der Waals surface area (Å²) in [4.78, 5) is 14.3. The van der Waals surface area contributed by atoms with E-state index in [4.69, 9.17) is 0 Å². The van der Waals surface area contributed by atoms with Gasteiger partial charge >= 0.3 is 0 Å². The summed E-state index contributed by atoms with van der Waals surface area (Å²) < 4.78 is 0. The van der Waals surface area contributed by atoms with Gasteiger partial charge in [-0.05, 0) is 33.4 Å². The number of rotatable bonds is 6. The molecule has 0 aliphatic heterocycles. The zero-order chi connectivity index (χ0) is 12.8. The molecular formula is C15H23NO. The quantitative estimate of drug-likeness (QED) is 0.703. The molecule has 0 aliphatic rings. The molecule has 0 saturated carbocycles. The lowest BCUT2D eigenvalue weighted by Gasteiger charge is -2.24. The third-order valence-corrected chi connectivity index (χ3v) is 3.10. The summed E-state index contributed by atoms with van der Waals surface area (Å²) >= 11 is 0. The summed E-state index contributed by atoms with van der Waals surface area (Å²) in [6, 6.07) is 8.34. The molecular weight excluding hydrogens is 210 g/mol. The van der Waals surface area contributed by atoms with Gasteiger partial charge in [0.2, 0.25) is 0 Å². The van der Waals surface area contributed by atoms with Gasteiger partial charge in [0, 0.05) is 24.6 Å². The number of aryl methyl sites for hydroxylation is 1. The van der Waals surface area contributed by atoms with Gasteiger partial charge in [0.1, 0.15) is 0 Å². The van der Waals surface area contributed by atoms with E-state index in [1.165, 1.54) is 0 Å². The predicted octanol–water partition coefficient (Wildman–Crippen LogP) is 3.30. The van der Waals surface area contributed by atoms with Crippen LogP contribution in [0.2, 0.25) is 0 Å². The molecule has 0 bridgehead atoms. The molecule has 0 spiro atoms. The van der Waals surface area contributed by atoms with E-state index in [1.54, 1.807) is 0 Å². The van der Waals surface area contributed by atoms with E-state index in [9.17, 15) is 4.79 Å². The fourth-order valence-corrected chi connectivity index (χ4v) is 1.99. The lowest BCUT2D eigenvalue weighted by Crippen LogP contribution is -2.32. The van der Waals surface area contributed by atoms with Crippen LogP contribution in [0.5, 0.6) is 0 Å². The first kappa shape index (κ1) is 13.9. The summed E-state index contributed by atoms with van der Waals surface area (Å²) in [5.74, 6) is 0.243. The highest BCUT2D eigenvalue weighted by Crippen LogP contribution is 2.08. The van der Waals surface area contributed by atoms with Crippen molar-refractivity contribution in [2.24, 2.45) is 0 Å². The molecule has 0 saturated heterocycles. The average molecular weight is 233 g/mol. The Balaban J connectivity index is 2.55. The first-order valence-electron chi connectivity index (χ1n) is 6.38. The van der Waals surface area contributed by atoms with E-state index >= 15 is 0 Å². The number of nitrogens with zero attached hydrogens (tertiary/aromatic N) is 1. The van der Waals surface area contributed by atoms with Crippen LogP contribution >= 0.6 is 0 Å². The third-order valence-electron chi connectivity index (χ3n) is 3.10. The smallest absolute Gasteiger partial charge is 0.164 e. The van der Waals surface area contributed by atoms with Gasteiger partial charge in [-0.15, -0.1) is 0 Å². The maximum atomic E-state index is 12.0. The molecule has 0 atom stereocenters. The molecule has 17 heavy (non-hydrogen) atoms. The molecule has 0 fully saturated rings.